The van der Waals surface area contributed by atoms with E-state index >= 15 is 0 Å². The van der Waals surface area contributed by atoms with Crippen molar-refractivity contribution in [2.24, 2.45) is 11.8 Å². The van der Waals surface area contributed by atoms with Crippen molar-refractivity contribution < 1.29 is 23.7 Å². The van der Waals surface area contributed by atoms with Gasteiger partial charge in [0.15, 0.2) is 6.29 Å². The molecule has 1 fully saturated rings. The Morgan fingerprint density at radius 3 is 2.21 bits per heavy atom. The van der Waals surface area contributed by atoms with Gasteiger partial charge in [-0.3, -0.25) is 0 Å². The maximum absolute atomic E-state index is 12.5. The molecule has 0 saturated carbocycles. The van der Waals surface area contributed by atoms with Crippen molar-refractivity contribution in [3.63, 3.8) is 0 Å². The fourth-order valence-corrected chi connectivity index (χ4v) is 3.84. The van der Waals surface area contributed by atoms with Crippen LogP contribution in [0.1, 0.15) is 87.9 Å². The zero-order chi connectivity index (χ0) is 24.2. The van der Waals surface area contributed by atoms with Gasteiger partial charge in [-0.25, -0.2) is 4.79 Å². The second-order valence-electron chi connectivity index (χ2n) is 9.37. The number of hydrogen-bond donors (Lipinski definition) is 0. The van der Waals surface area contributed by atoms with Crippen LogP contribution in [-0.4, -0.2) is 25.8 Å². The molecule has 0 radical (unpaired) electrons. The van der Waals surface area contributed by atoms with Crippen LogP contribution in [0.4, 0.5) is 0 Å². The van der Waals surface area contributed by atoms with Crippen molar-refractivity contribution in [1.29, 1.82) is 0 Å². The fraction of sp³-hybridized carbons (Fsp3) is 0.552. The number of hydrogen-bond acceptors (Lipinski definition) is 5. The van der Waals surface area contributed by atoms with Crippen LogP contribution in [0, 0.1) is 11.8 Å². The molecule has 3 rings (SSSR count). The Kier molecular flexibility index (Phi) is 10.9. The van der Waals surface area contributed by atoms with Crippen molar-refractivity contribution >= 4 is 5.97 Å². The van der Waals surface area contributed by atoms with Gasteiger partial charge in [-0.15, -0.1) is 0 Å². The number of carbonyl (C=O) groups is 1. The van der Waals surface area contributed by atoms with Crippen LogP contribution in [0.3, 0.4) is 0 Å². The summed E-state index contributed by atoms with van der Waals surface area (Å²) in [7, 11) is 0. The molecule has 1 saturated heterocycles. The highest BCUT2D eigenvalue weighted by atomic mass is 16.7. The fourth-order valence-electron chi connectivity index (χ4n) is 3.84. The smallest absolute Gasteiger partial charge is 0.343 e. The van der Waals surface area contributed by atoms with Crippen LogP contribution < -0.4 is 9.47 Å². The van der Waals surface area contributed by atoms with E-state index in [0.29, 0.717) is 29.8 Å². The van der Waals surface area contributed by atoms with Gasteiger partial charge in [0.2, 0.25) is 0 Å². The Morgan fingerprint density at radius 2 is 1.56 bits per heavy atom. The Morgan fingerprint density at radius 1 is 0.912 bits per heavy atom. The number of benzene rings is 2. The molecule has 0 aromatic heterocycles. The summed E-state index contributed by atoms with van der Waals surface area (Å²) in [5, 5.41) is 0. The summed E-state index contributed by atoms with van der Waals surface area (Å²) in [6.45, 7) is 8.66. The second-order valence-corrected chi connectivity index (χ2v) is 9.37. The SMILES string of the molecule is CCCCCCCC1COC(c2ccc(C(=O)Oc3ccc(OC[C@@H](C)CC)cc3)cc2)OC1. The minimum Gasteiger partial charge on any atom is -0.493 e. The number of carbonyl (C=O) groups excluding carboxylic acids is 1. The normalized spacial score (nSPS) is 18.9. The molecule has 0 N–H and O–H groups in total. The highest BCUT2D eigenvalue weighted by Crippen LogP contribution is 2.28. The predicted molar refractivity (Wildman–Crippen MR) is 134 cm³/mol. The third-order valence-electron chi connectivity index (χ3n) is 6.37. The van der Waals surface area contributed by atoms with Crippen molar-refractivity contribution in [2.75, 3.05) is 19.8 Å². The Hall–Kier alpha value is -2.37. The van der Waals surface area contributed by atoms with E-state index in [-0.39, 0.29) is 6.29 Å². The van der Waals surface area contributed by atoms with Crippen molar-refractivity contribution in [1.82, 2.24) is 0 Å². The minimum atomic E-state index is -0.395. The van der Waals surface area contributed by atoms with Gasteiger partial charge in [0, 0.05) is 11.5 Å². The largest absolute Gasteiger partial charge is 0.493 e. The summed E-state index contributed by atoms with van der Waals surface area (Å²) >= 11 is 0. The number of ether oxygens (including phenoxy) is 4. The molecule has 1 aliphatic rings. The molecule has 0 amide bonds. The van der Waals surface area contributed by atoms with Gasteiger partial charge in [0.1, 0.15) is 11.5 Å². The predicted octanol–water partition coefficient (Wildman–Crippen LogP) is 7.35. The lowest BCUT2D eigenvalue weighted by Crippen LogP contribution is -2.27. The first-order chi connectivity index (χ1) is 16.6. The second kappa shape index (κ2) is 14.1. The molecule has 0 unspecified atom stereocenters. The molecule has 5 nitrogen and oxygen atoms in total. The van der Waals surface area contributed by atoms with Gasteiger partial charge >= 0.3 is 5.97 Å². The summed E-state index contributed by atoms with van der Waals surface area (Å²) in [6.07, 6.45) is 8.32. The summed E-state index contributed by atoms with van der Waals surface area (Å²) in [6, 6.07) is 14.4. The first-order valence-corrected chi connectivity index (χ1v) is 12.9. The highest BCUT2D eigenvalue weighted by molar-refractivity contribution is 5.91. The quantitative estimate of drug-likeness (QED) is 0.175. The lowest BCUT2D eigenvalue weighted by Gasteiger charge is -2.29. The lowest BCUT2D eigenvalue weighted by atomic mass is 10.0. The Balaban J connectivity index is 1.42. The van der Waals surface area contributed by atoms with Crippen LogP contribution in [0.25, 0.3) is 0 Å². The van der Waals surface area contributed by atoms with E-state index in [9.17, 15) is 4.79 Å². The number of rotatable bonds is 13. The average Bonchev–Trinajstić information content (AvgIpc) is 2.88. The molecule has 0 aliphatic carbocycles. The Bertz CT molecular complexity index is 838. The van der Waals surface area contributed by atoms with Gasteiger partial charge in [0.05, 0.1) is 25.4 Å². The van der Waals surface area contributed by atoms with Crippen LogP contribution in [0.5, 0.6) is 11.5 Å². The monoisotopic (exact) mass is 468 g/mol. The van der Waals surface area contributed by atoms with E-state index in [2.05, 4.69) is 20.8 Å². The minimum absolute atomic E-state index is 0.371. The van der Waals surface area contributed by atoms with E-state index < -0.39 is 5.97 Å². The van der Waals surface area contributed by atoms with Gasteiger partial charge < -0.3 is 18.9 Å². The van der Waals surface area contributed by atoms with Crippen molar-refractivity contribution in [2.45, 2.75) is 72.0 Å². The first kappa shape index (κ1) is 26.2. The number of unbranched alkanes of at least 4 members (excludes halogenated alkanes) is 4. The van der Waals surface area contributed by atoms with E-state index in [1.165, 1.54) is 32.1 Å². The van der Waals surface area contributed by atoms with Crippen LogP contribution >= 0.6 is 0 Å². The van der Waals surface area contributed by atoms with E-state index in [0.717, 1.165) is 37.4 Å². The van der Waals surface area contributed by atoms with E-state index in [1.807, 2.05) is 24.3 Å². The zero-order valence-electron chi connectivity index (χ0n) is 21.0. The van der Waals surface area contributed by atoms with E-state index in [1.54, 1.807) is 24.3 Å². The van der Waals surface area contributed by atoms with Crippen molar-refractivity contribution in [3.05, 3.63) is 59.7 Å². The maximum atomic E-state index is 12.5. The maximum Gasteiger partial charge on any atom is 0.343 e. The molecular weight excluding hydrogens is 428 g/mol. The molecule has 1 heterocycles. The van der Waals surface area contributed by atoms with Crippen LogP contribution in [0.2, 0.25) is 0 Å². The molecule has 1 atom stereocenters. The molecule has 2 aromatic rings. The summed E-state index contributed by atoms with van der Waals surface area (Å²) in [5.74, 6) is 1.85. The third kappa shape index (κ3) is 8.44. The average molecular weight is 469 g/mol. The first-order valence-electron chi connectivity index (χ1n) is 12.9. The topological polar surface area (TPSA) is 54.0 Å². The molecular formula is C29H40O5. The van der Waals surface area contributed by atoms with Gasteiger partial charge in [-0.1, -0.05) is 71.4 Å². The Labute approximate surface area is 204 Å². The molecule has 186 valence electrons. The lowest BCUT2D eigenvalue weighted by molar-refractivity contribution is -0.206. The molecule has 0 spiro atoms. The molecule has 34 heavy (non-hydrogen) atoms. The third-order valence-corrected chi connectivity index (χ3v) is 6.37. The van der Waals surface area contributed by atoms with Gasteiger partial charge in [0.25, 0.3) is 0 Å². The van der Waals surface area contributed by atoms with Crippen LogP contribution in [-0.2, 0) is 9.47 Å². The zero-order valence-corrected chi connectivity index (χ0v) is 21.0. The van der Waals surface area contributed by atoms with Gasteiger partial charge in [-0.05, 0) is 48.7 Å². The molecule has 2 aromatic carbocycles. The van der Waals surface area contributed by atoms with Crippen LogP contribution in [0.15, 0.2) is 48.5 Å². The molecule has 1 aliphatic heterocycles. The van der Waals surface area contributed by atoms with Crippen molar-refractivity contribution in [3.8, 4) is 11.5 Å². The van der Waals surface area contributed by atoms with E-state index in [4.69, 9.17) is 18.9 Å². The summed E-state index contributed by atoms with van der Waals surface area (Å²) in [5.41, 5.74) is 1.40. The number of esters is 1. The standard InChI is InChI=1S/C29H40O5/c1-4-6-7-8-9-10-23-20-32-29(33-21-23)25-13-11-24(12-14-25)28(30)34-27-17-15-26(16-18-27)31-19-22(3)5-2/h11-18,22-23,29H,4-10,19-21H2,1-3H3/t22-,23?,29?/m0/s1. The molecule has 0 bridgehead atoms. The summed E-state index contributed by atoms with van der Waals surface area (Å²) < 4.78 is 23.2. The molecule has 5 heteroatoms. The highest BCUT2D eigenvalue weighted by Gasteiger charge is 2.23. The van der Waals surface area contributed by atoms with Gasteiger partial charge in [-0.2, -0.15) is 0 Å². The summed E-state index contributed by atoms with van der Waals surface area (Å²) in [4.78, 5) is 12.5.